The molecule has 0 saturated heterocycles. The lowest BCUT2D eigenvalue weighted by Gasteiger charge is -2.46. The van der Waals surface area contributed by atoms with Crippen LogP contribution in [0.5, 0.6) is 5.75 Å². The summed E-state index contributed by atoms with van der Waals surface area (Å²) < 4.78 is 47.9. The van der Waals surface area contributed by atoms with E-state index >= 15 is 0 Å². The quantitative estimate of drug-likeness (QED) is 0.369. The standard InChI is InChI=1S/C36H46ClN3O7S/c1-23-33(41)38-48(43,44)27-12-15-32-30(19-27)39(21-36(22-46-32)16-6-8-24-18-26(37)11-14-29(24)36)20-25-10-13-28(25)31(45-5)9-7-17-40(23)34(42)47-35(2,3)4/h7,9,11-12,14-15,18-19,23,25,28,31H,6,8,10,13,16-17,20-22H2,1-5H3,(H,38,41)/t23-,25+,28-,31-,36+/m1/s1. The summed E-state index contributed by atoms with van der Waals surface area (Å²) >= 11 is 6.42. The van der Waals surface area contributed by atoms with Gasteiger partial charge in [-0.2, -0.15) is 0 Å². The molecule has 2 bridgehead atoms. The minimum absolute atomic E-state index is 0.0368. The zero-order valence-corrected chi connectivity index (χ0v) is 29.9. The Morgan fingerprint density at radius 3 is 2.65 bits per heavy atom. The van der Waals surface area contributed by atoms with Crippen LogP contribution in [0.15, 0.2) is 53.4 Å². The summed E-state index contributed by atoms with van der Waals surface area (Å²) in [7, 11) is -2.62. The molecule has 1 spiro atoms. The molecule has 10 nitrogen and oxygen atoms in total. The molecule has 6 rings (SSSR count). The van der Waals surface area contributed by atoms with Crippen molar-refractivity contribution in [1.82, 2.24) is 9.62 Å². The predicted molar refractivity (Wildman–Crippen MR) is 184 cm³/mol. The van der Waals surface area contributed by atoms with Crippen LogP contribution in [-0.4, -0.2) is 76.4 Å². The van der Waals surface area contributed by atoms with E-state index < -0.39 is 33.7 Å². The molecular weight excluding hydrogens is 654 g/mol. The fourth-order valence-electron chi connectivity index (χ4n) is 7.63. The Hall–Kier alpha value is -3.28. The van der Waals surface area contributed by atoms with Crippen molar-refractivity contribution in [3.8, 4) is 5.75 Å². The van der Waals surface area contributed by atoms with Crippen LogP contribution in [0, 0.1) is 11.8 Å². The van der Waals surface area contributed by atoms with Crippen molar-refractivity contribution in [2.75, 3.05) is 38.3 Å². The van der Waals surface area contributed by atoms with Gasteiger partial charge in [0.05, 0.1) is 23.3 Å². The third-order valence-electron chi connectivity index (χ3n) is 10.3. The maximum Gasteiger partial charge on any atom is 0.411 e. The van der Waals surface area contributed by atoms with Crippen molar-refractivity contribution in [1.29, 1.82) is 0 Å². The van der Waals surface area contributed by atoms with Crippen LogP contribution in [0.1, 0.15) is 64.5 Å². The monoisotopic (exact) mass is 699 g/mol. The number of hydrogen-bond donors (Lipinski definition) is 1. The SMILES string of the molecule is CO[C@@H]1C=CCN(C(=O)OC(C)(C)C)[C@H](C)C(=O)NS(=O)(=O)c2ccc3c(c2)N(C[C@@H]2CC[C@H]21)C[C@@]1(CCCc2cc(Cl)ccc21)CO3. The van der Waals surface area contributed by atoms with Gasteiger partial charge >= 0.3 is 6.09 Å². The minimum Gasteiger partial charge on any atom is -0.490 e. The minimum atomic E-state index is -4.31. The molecule has 1 saturated carbocycles. The molecule has 48 heavy (non-hydrogen) atoms. The Morgan fingerprint density at radius 2 is 1.94 bits per heavy atom. The van der Waals surface area contributed by atoms with Gasteiger partial charge in [-0.25, -0.2) is 17.9 Å². The number of benzene rings is 2. The van der Waals surface area contributed by atoms with Gasteiger partial charge in [-0.15, -0.1) is 0 Å². The summed E-state index contributed by atoms with van der Waals surface area (Å²) in [5.74, 6) is 0.235. The molecule has 0 aromatic heterocycles. The number of nitrogens with zero attached hydrogens (tertiary/aromatic N) is 2. The third-order valence-corrected chi connectivity index (χ3v) is 11.9. The molecule has 12 heteroatoms. The largest absolute Gasteiger partial charge is 0.490 e. The molecular formula is C36H46ClN3O7S. The number of methoxy groups -OCH3 is 1. The number of halogens is 1. The summed E-state index contributed by atoms with van der Waals surface area (Å²) in [6, 6.07) is 9.73. The zero-order valence-electron chi connectivity index (χ0n) is 28.3. The number of sulfonamides is 1. The number of anilines is 1. The molecule has 1 N–H and O–H groups in total. The number of hydrogen-bond acceptors (Lipinski definition) is 8. The van der Waals surface area contributed by atoms with E-state index in [9.17, 15) is 18.0 Å². The van der Waals surface area contributed by atoms with Crippen LogP contribution >= 0.6 is 11.6 Å². The Balaban J connectivity index is 1.41. The molecule has 2 aliphatic heterocycles. The second-order valence-electron chi connectivity index (χ2n) is 14.6. The number of amides is 2. The van der Waals surface area contributed by atoms with Crippen LogP contribution in [0.2, 0.25) is 5.02 Å². The van der Waals surface area contributed by atoms with E-state index in [-0.39, 0.29) is 34.8 Å². The van der Waals surface area contributed by atoms with Gasteiger partial charge in [0.15, 0.2) is 0 Å². The molecule has 2 aromatic carbocycles. The van der Waals surface area contributed by atoms with Gasteiger partial charge in [0.1, 0.15) is 17.4 Å². The fraction of sp³-hybridized carbons (Fsp3) is 0.556. The van der Waals surface area contributed by atoms with Crippen LogP contribution in [0.25, 0.3) is 0 Å². The highest BCUT2D eigenvalue weighted by atomic mass is 35.5. The number of nitrogens with one attached hydrogen (secondary N) is 1. The van der Waals surface area contributed by atoms with Gasteiger partial charge in [-0.05, 0) is 113 Å². The van der Waals surface area contributed by atoms with Gasteiger partial charge in [0.2, 0.25) is 0 Å². The Bertz CT molecular complexity index is 1710. The van der Waals surface area contributed by atoms with Gasteiger partial charge in [0.25, 0.3) is 15.9 Å². The van der Waals surface area contributed by atoms with E-state index in [1.54, 1.807) is 46.1 Å². The summed E-state index contributed by atoms with van der Waals surface area (Å²) in [6.07, 6.45) is 7.66. The van der Waals surface area contributed by atoms with Gasteiger partial charge in [-0.1, -0.05) is 29.8 Å². The fourth-order valence-corrected chi connectivity index (χ4v) is 8.89. The van der Waals surface area contributed by atoms with Crippen LogP contribution in [0.4, 0.5) is 10.5 Å². The first-order chi connectivity index (χ1) is 22.7. The Kier molecular flexibility index (Phi) is 9.52. The van der Waals surface area contributed by atoms with E-state index in [0.717, 1.165) is 32.1 Å². The Labute approximate surface area is 288 Å². The van der Waals surface area contributed by atoms with Gasteiger partial charge in [-0.3, -0.25) is 9.69 Å². The van der Waals surface area contributed by atoms with Crippen LogP contribution < -0.4 is 14.4 Å². The maximum absolute atomic E-state index is 13.8. The lowest BCUT2D eigenvalue weighted by molar-refractivity contribution is -0.123. The first kappa shape index (κ1) is 34.6. The number of aryl methyl sites for hydroxylation is 1. The first-order valence-electron chi connectivity index (χ1n) is 16.8. The smallest absolute Gasteiger partial charge is 0.411 e. The first-order valence-corrected chi connectivity index (χ1v) is 18.6. The molecule has 2 amide bonds. The highest BCUT2D eigenvalue weighted by Crippen LogP contribution is 2.47. The number of carbonyl (C=O) groups excluding carboxylic acids is 2. The normalized spacial score (nSPS) is 28.7. The lowest BCUT2D eigenvalue weighted by Crippen LogP contribution is -2.51. The maximum atomic E-state index is 13.8. The van der Waals surface area contributed by atoms with Crippen molar-refractivity contribution < 1.29 is 32.2 Å². The molecule has 1 fully saturated rings. The highest BCUT2D eigenvalue weighted by Gasteiger charge is 2.45. The second-order valence-corrected chi connectivity index (χ2v) is 16.8. The number of ether oxygens (including phenoxy) is 3. The molecule has 2 aromatic rings. The second kappa shape index (κ2) is 13.2. The number of rotatable bonds is 1. The number of carbonyl (C=O) groups is 2. The van der Waals surface area contributed by atoms with Crippen molar-refractivity contribution in [2.45, 2.75) is 87.9 Å². The van der Waals surface area contributed by atoms with E-state index in [2.05, 4.69) is 21.8 Å². The van der Waals surface area contributed by atoms with Gasteiger partial charge < -0.3 is 19.1 Å². The molecule has 260 valence electrons. The van der Waals surface area contributed by atoms with Crippen molar-refractivity contribution in [3.05, 3.63) is 64.7 Å². The van der Waals surface area contributed by atoms with E-state index in [0.29, 0.717) is 36.2 Å². The van der Waals surface area contributed by atoms with E-state index in [1.165, 1.54) is 29.0 Å². The van der Waals surface area contributed by atoms with Crippen molar-refractivity contribution >= 4 is 39.3 Å². The summed E-state index contributed by atoms with van der Waals surface area (Å²) in [5.41, 5.74) is 2.00. The predicted octanol–water partition coefficient (Wildman–Crippen LogP) is 5.85. The average molecular weight is 700 g/mol. The van der Waals surface area contributed by atoms with Crippen LogP contribution in [0.3, 0.4) is 0 Å². The van der Waals surface area contributed by atoms with Gasteiger partial charge in [0, 0.05) is 37.2 Å². The molecule has 0 unspecified atom stereocenters. The Morgan fingerprint density at radius 1 is 1.15 bits per heavy atom. The van der Waals surface area contributed by atoms with Crippen molar-refractivity contribution in [2.24, 2.45) is 11.8 Å². The number of fused-ring (bicyclic) bond motifs is 4. The van der Waals surface area contributed by atoms with E-state index in [1.807, 2.05) is 12.1 Å². The van der Waals surface area contributed by atoms with Crippen molar-refractivity contribution in [3.63, 3.8) is 0 Å². The molecule has 4 aliphatic rings. The topological polar surface area (TPSA) is 114 Å². The summed E-state index contributed by atoms with van der Waals surface area (Å²) in [4.78, 5) is 30.2. The summed E-state index contributed by atoms with van der Waals surface area (Å²) in [5, 5.41) is 0.713. The molecule has 2 aliphatic carbocycles. The lowest BCUT2D eigenvalue weighted by atomic mass is 9.68. The molecule has 0 radical (unpaired) electrons. The molecule has 5 atom stereocenters. The molecule has 2 heterocycles. The van der Waals surface area contributed by atoms with Crippen LogP contribution in [-0.2, 0) is 36.1 Å². The highest BCUT2D eigenvalue weighted by molar-refractivity contribution is 7.90. The average Bonchev–Trinajstić information content (AvgIpc) is 3.15. The summed E-state index contributed by atoms with van der Waals surface area (Å²) in [6.45, 7) is 8.50. The van der Waals surface area contributed by atoms with E-state index in [4.69, 9.17) is 25.8 Å². The third kappa shape index (κ3) is 6.91. The zero-order chi connectivity index (χ0) is 34.4.